The summed E-state index contributed by atoms with van der Waals surface area (Å²) in [6, 6.07) is 3.67. The van der Waals surface area contributed by atoms with Gasteiger partial charge in [0.05, 0.1) is 16.3 Å². The lowest BCUT2D eigenvalue weighted by atomic mass is 10.4. The van der Waals surface area contributed by atoms with Gasteiger partial charge in [-0.2, -0.15) is 0 Å². The van der Waals surface area contributed by atoms with E-state index >= 15 is 0 Å². The van der Waals surface area contributed by atoms with E-state index in [0.717, 1.165) is 4.88 Å². The van der Waals surface area contributed by atoms with E-state index in [4.69, 9.17) is 4.74 Å². The highest BCUT2D eigenvalue weighted by Gasteiger charge is 2.08. The Hall–Kier alpha value is -0.390. The molecule has 1 unspecified atom stereocenters. The highest BCUT2D eigenvalue weighted by molar-refractivity contribution is 9.09. The number of rotatable bonds is 5. The molecular weight excluding hydrogens is 266 g/mol. The molecule has 3 nitrogen and oxygen atoms in total. The fourth-order valence-corrected chi connectivity index (χ4v) is 2.00. The van der Waals surface area contributed by atoms with Crippen molar-refractivity contribution in [2.24, 2.45) is 0 Å². The number of hydrogen-bond donors (Lipinski definition) is 1. The molecule has 0 saturated heterocycles. The summed E-state index contributed by atoms with van der Waals surface area (Å²) in [7, 11) is 1.63. The standard InChI is InChI=1S/C9H12BrNO2S/c1-13-6-7(10)5-11-9(12)8-3-2-4-14-8/h2-4,7H,5-6H2,1H3,(H,11,12). The summed E-state index contributed by atoms with van der Waals surface area (Å²) in [4.78, 5) is 12.4. The number of alkyl halides is 1. The SMILES string of the molecule is COCC(Br)CNC(=O)c1cccs1. The number of carbonyl (C=O) groups excluding carboxylic acids is 1. The summed E-state index contributed by atoms with van der Waals surface area (Å²) >= 11 is 4.83. The summed E-state index contributed by atoms with van der Waals surface area (Å²) in [5.41, 5.74) is 0. The molecule has 0 fully saturated rings. The first-order chi connectivity index (χ1) is 6.74. The van der Waals surface area contributed by atoms with Crippen molar-refractivity contribution in [3.63, 3.8) is 0 Å². The second-order valence-corrected chi connectivity index (χ2v) is 4.98. The van der Waals surface area contributed by atoms with E-state index in [1.807, 2.05) is 11.4 Å². The smallest absolute Gasteiger partial charge is 0.261 e. The Morgan fingerprint density at radius 1 is 1.79 bits per heavy atom. The molecule has 14 heavy (non-hydrogen) atoms. The van der Waals surface area contributed by atoms with Gasteiger partial charge >= 0.3 is 0 Å². The van der Waals surface area contributed by atoms with Crippen LogP contribution in [0.4, 0.5) is 0 Å². The maximum atomic E-state index is 11.5. The van der Waals surface area contributed by atoms with E-state index in [9.17, 15) is 4.79 Å². The second-order valence-electron chi connectivity index (χ2n) is 2.74. The van der Waals surface area contributed by atoms with Gasteiger partial charge in [-0.1, -0.05) is 22.0 Å². The molecule has 0 aliphatic rings. The zero-order valence-corrected chi connectivity index (χ0v) is 10.2. The Morgan fingerprint density at radius 3 is 3.14 bits per heavy atom. The monoisotopic (exact) mass is 277 g/mol. The van der Waals surface area contributed by atoms with Crippen LogP contribution in [-0.2, 0) is 4.74 Å². The molecule has 0 spiro atoms. The van der Waals surface area contributed by atoms with E-state index in [1.165, 1.54) is 11.3 Å². The number of methoxy groups -OCH3 is 1. The predicted octanol–water partition coefficient (Wildman–Crippen LogP) is 1.89. The third-order valence-corrected chi connectivity index (χ3v) is 3.03. The van der Waals surface area contributed by atoms with Crippen LogP contribution in [-0.4, -0.2) is 31.0 Å². The van der Waals surface area contributed by atoms with Crippen molar-refractivity contribution in [3.8, 4) is 0 Å². The van der Waals surface area contributed by atoms with Gasteiger partial charge in [0, 0.05) is 13.7 Å². The first kappa shape index (κ1) is 11.7. The van der Waals surface area contributed by atoms with Crippen molar-refractivity contribution in [1.29, 1.82) is 0 Å². The van der Waals surface area contributed by atoms with Gasteiger partial charge in [-0.05, 0) is 11.4 Å². The lowest BCUT2D eigenvalue weighted by Gasteiger charge is -2.08. The molecule has 0 aliphatic heterocycles. The normalized spacial score (nSPS) is 12.4. The summed E-state index contributed by atoms with van der Waals surface area (Å²) in [5, 5.41) is 4.70. The molecule has 0 radical (unpaired) electrons. The van der Waals surface area contributed by atoms with Gasteiger partial charge in [0.2, 0.25) is 0 Å². The van der Waals surface area contributed by atoms with Gasteiger partial charge in [0.1, 0.15) is 0 Å². The van der Waals surface area contributed by atoms with Crippen molar-refractivity contribution in [1.82, 2.24) is 5.32 Å². The van der Waals surface area contributed by atoms with Crippen LogP contribution in [0.15, 0.2) is 17.5 Å². The fraction of sp³-hybridized carbons (Fsp3) is 0.444. The van der Waals surface area contributed by atoms with Crippen LogP contribution in [0.3, 0.4) is 0 Å². The number of carbonyl (C=O) groups is 1. The molecule has 1 amide bonds. The molecule has 0 bridgehead atoms. The van der Waals surface area contributed by atoms with Crippen LogP contribution in [0, 0.1) is 0 Å². The molecule has 0 saturated carbocycles. The quantitative estimate of drug-likeness (QED) is 0.835. The Morgan fingerprint density at radius 2 is 2.57 bits per heavy atom. The zero-order valence-electron chi connectivity index (χ0n) is 7.83. The van der Waals surface area contributed by atoms with Crippen molar-refractivity contribution in [3.05, 3.63) is 22.4 Å². The average molecular weight is 278 g/mol. The Labute approximate surface area is 95.6 Å². The van der Waals surface area contributed by atoms with E-state index in [0.29, 0.717) is 13.2 Å². The van der Waals surface area contributed by atoms with Crippen LogP contribution >= 0.6 is 27.3 Å². The second kappa shape index (κ2) is 6.16. The van der Waals surface area contributed by atoms with Crippen molar-refractivity contribution in [2.45, 2.75) is 4.83 Å². The van der Waals surface area contributed by atoms with Crippen LogP contribution < -0.4 is 5.32 Å². The Balaban J connectivity index is 2.28. The Kier molecular flexibility index (Phi) is 5.14. The number of amides is 1. The molecule has 78 valence electrons. The number of halogens is 1. The van der Waals surface area contributed by atoms with Crippen molar-refractivity contribution in [2.75, 3.05) is 20.3 Å². The van der Waals surface area contributed by atoms with Gasteiger partial charge in [0.25, 0.3) is 5.91 Å². The molecule has 0 aromatic carbocycles. The summed E-state index contributed by atoms with van der Waals surface area (Å²) in [5.74, 6) is -0.0273. The minimum atomic E-state index is -0.0273. The molecule has 1 aromatic rings. The summed E-state index contributed by atoms with van der Waals surface area (Å²) in [6.07, 6.45) is 0. The van der Waals surface area contributed by atoms with Gasteiger partial charge in [-0.15, -0.1) is 11.3 Å². The number of thiophene rings is 1. The van der Waals surface area contributed by atoms with E-state index in [2.05, 4.69) is 21.2 Å². The number of hydrogen-bond acceptors (Lipinski definition) is 3. The molecule has 5 heteroatoms. The van der Waals surface area contributed by atoms with Crippen LogP contribution in [0.5, 0.6) is 0 Å². The van der Waals surface area contributed by atoms with Crippen LogP contribution in [0.25, 0.3) is 0 Å². The molecule has 1 aromatic heterocycles. The largest absolute Gasteiger partial charge is 0.383 e. The lowest BCUT2D eigenvalue weighted by molar-refractivity contribution is 0.0954. The minimum Gasteiger partial charge on any atom is -0.383 e. The van der Waals surface area contributed by atoms with E-state index in [1.54, 1.807) is 13.2 Å². The number of ether oxygens (including phenoxy) is 1. The number of nitrogens with one attached hydrogen (secondary N) is 1. The maximum Gasteiger partial charge on any atom is 0.261 e. The molecule has 0 aliphatic carbocycles. The molecule has 1 heterocycles. The van der Waals surface area contributed by atoms with E-state index in [-0.39, 0.29) is 10.7 Å². The first-order valence-corrected chi connectivity index (χ1v) is 5.98. The predicted molar refractivity (Wildman–Crippen MR) is 61.2 cm³/mol. The van der Waals surface area contributed by atoms with Gasteiger partial charge in [0.15, 0.2) is 0 Å². The van der Waals surface area contributed by atoms with Crippen molar-refractivity contribution < 1.29 is 9.53 Å². The van der Waals surface area contributed by atoms with Crippen molar-refractivity contribution >= 4 is 33.2 Å². The van der Waals surface area contributed by atoms with Gasteiger partial charge in [-0.25, -0.2) is 0 Å². The summed E-state index contributed by atoms with van der Waals surface area (Å²) in [6.45, 7) is 1.16. The fourth-order valence-electron chi connectivity index (χ4n) is 0.938. The average Bonchev–Trinajstić information content (AvgIpc) is 2.67. The molecule has 1 N–H and O–H groups in total. The third kappa shape index (κ3) is 3.77. The van der Waals surface area contributed by atoms with Crippen LogP contribution in [0.1, 0.15) is 9.67 Å². The topological polar surface area (TPSA) is 38.3 Å². The zero-order chi connectivity index (χ0) is 10.4. The van der Waals surface area contributed by atoms with Crippen LogP contribution in [0.2, 0.25) is 0 Å². The van der Waals surface area contributed by atoms with E-state index < -0.39 is 0 Å². The molecule has 1 rings (SSSR count). The van der Waals surface area contributed by atoms with Gasteiger partial charge in [-0.3, -0.25) is 4.79 Å². The maximum absolute atomic E-state index is 11.5. The molecule has 1 atom stereocenters. The highest BCUT2D eigenvalue weighted by atomic mass is 79.9. The lowest BCUT2D eigenvalue weighted by Crippen LogP contribution is -2.30. The minimum absolute atomic E-state index is 0.0273. The highest BCUT2D eigenvalue weighted by Crippen LogP contribution is 2.08. The molecular formula is C9H12BrNO2S. The summed E-state index contributed by atoms with van der Waals surface area (Å²) < 4.78 is 4.93. The Bertz CT molecular complexity index is 276. The first-order valence-electron chi connectivity index (χ1n) is 4.18. The van der Waals surface area contributed by atoms with Gasteiger partial charge < -0.3 is 10.1 Å². The third-order valence-electron chi connectivity index (χ3n) is 1.58.